The number of nitrogens with zero attached hydrogens (tertiary/aromatic N) is 5. The number of hydrogen-bond acceptors (Lipinski definition) is 3. The highest BCUT2D eigenvalue weighted by atomic mass is 16.2. The van der Waals surface area contributed by atoms with Crippen LogP contribution in [0.2, 0.25) is 0 Å². The van der Waals surface area contributed by atoms with Gasteiger partial charge in [-0.2, -0.15) is 0 Å². The van der Waals surface area contributed by atoms with Gasteiger partial charge in [0.2, 0.25) is 0 Å². The van der Waals surface area contributed by atoms with Crippen LogP contribution in [0.3, 0.4) is 0 Å². The Hall–Kier alpha value is -1.85. The van der Waals surface area contributed by atoms with Crippen molar-refractivity contribution in [2.75, 3.05) is 11.4 Å². The number of fused-ring (bicyclic) bond motifs is 3. The molecule has 0 fully saturated rings. The number of amides is 2. The number of urea groups is 1. The molecule has 0 saturated carbocycles. The lowest BCUT2D eigenvalue weighted by Gasteiger charge is -2.35. The molecule has 0 bridgehead atoms. The summed E-state index contributed by atoms with van der Waals surface area (Å²) in [5.41, 5.74) is 0.981. The van der Waals surface area contributed by atoms with Gasteiger partial charge in [0.05, 0.1) is 18.9 Å². The fourth-order valence-electron chi connectivity index (χ4n) is 2.98. The molecule has 0 N–H and O–H groups in total. The lowest BCUT2D eigenvalue weighted by atomic mass is 10.2. The van der Waals surface area contributed by atoms with Crippen LogP contribution < -0.4 is 4.90 Å². The number of hydrogen-bond donors (Lipinski definition) is 0. The van der Waals surface area contributed by atoms with Crippen molar-refractivity contribution in [1.29, 1.82) is 0 Å². The number of imidazole rings is 1. The summed E-state index contributed by atoms with van der Waals surface area (Å²) in [6.07, 6.45) is 2.77. The number of aliphatic imine (C=N–C) groups is 1. The Morgan fingerprint density at radius 3 is 2.57 bits per heavy atom. The smallest absolute Gasteiger partial charge is 0.324 e. The standard InChI is InChI=1S/C15H23N5O/c1-6-11-7-18-14(17-11)12-13(16-8-19(12)9(2)3)20(10(4)5)15(18)21/h8-11H,6-7H2,1-5H3/t11-/m0/s1. The van der Waals surface area contributed by atoms with Gasteiger partial charge in [0, 0.05) is 12.1 Å². The number of carbonyl (C=O) groups is 1. The molecule has 2 amide bonds. The first-order valence-electron chi connectivity index (χ1n) is 7.71. The maximum Gasteiger partial charge on any atom is 0.331 e. The molecule has 1 aromatic heterocycles. The zero-order valence-electron chi connectivity index (χ0n) is 13.4. The summed E-state index contributed by atoms with van der Waals surface area (Å²) in [4.78, 5) is 25.6. The lowest BCUT2D eigenvalue weighted by Crippen LogP contribution is -2.53. The number of amidine groups is 1. The first kappa shape index (κ1) is 14.1. The lowest BCUT2D eigenvalue weighted by molar-refractivity contribution is 0.225. The predicted octanol–water partition coefficient (Wildman–Crippen LogP) is 2.65. The Kier molecular flexibility index (Phi) is 3.26. The predicted molar refractivity (Wildman–Crippen MR) is 82.9 cm³/mol. The minimum Gasteiger partial charge on any atom is -0.324 e. The fourth-order valence-corrected chi connectivity index (χ4v) is 2.98. The van der Waals surface area contributed by atoms with Crippen LogP contribution in [0.4, 0.5) is 10.6 Å². The molecule has 6 nitrogen and oxygen atoms in total. The van der Waals surface area contributed by atoms with Crippen molar-refractivity contribution >= 4 is 17.7 Å². The molecule has 0 saturated heterocycles. The van der Waals surface area contributed by atoms with Crippen molar-refractivity contribution in [3.05, 3.63) is 12.0 Å². The van der Waals surface area contributed by atoms with Crippen LogP contribution in [-0.2, 0) is 0 Å². The summed E-state index contributed by atoms with van der Waals surface area (Å²) >= 11 is 0. The van der Waals surface area contributed by atoms with Gasteiger partial charge in [-0.15, -0.1) is 0 Å². The highest BCUT2D eigenvalue weighted by Crippen LogP contribution is 2.34. The van der Waals surface area contributed by atoms with E-state index in [1.807, 2.05) is 25.1 Å². The third-order valence-electron chi connectivity index (χ3n) is 4.15. The van der Waals surface area contributed by atoms with E-state index in [0.717, 1.165) is 23.8 Å². The molecule has 2 aliphatic heterocycles. The molecule has 0 unspecified atom stereocenters. The highest BCUT2D eigenvalue weighted by Gasteiger charge is 2.43. The number of anilines is 1. The van der Waals surface area contributed by atoms with Crippen LogP contribution in [-0.4, -0.2) is 44.9 Å². The first-order valence-corrected chi connectivity index (χ1v) is 7.71. The van der Waals surface area contributed by atoms with Crippen LogP contribution in [0.15, 0.2) is 11.3 Å². The average molecular weight is 289 g/mol. The van der Waals surface area contributed by atoms with E-state index in [9.17, 15) is 4.79 Å². The Balaban J connectivity index is 2.19. The zero-order valence-corrected chi connectivity index (χ0v) is 13.4. The molecule has 0 aliphatic carbocycles. The molecule has 3 rings (SSSR count). The largest absolute Gasteiger partial charge is 0.331 e. The molecule has 114 valence electrons. The maximum absolute atomic E-state index is 12.8. The molecule has 1 atom stereocenters. The fraction of sp³-hybridized carbons (Fsp3) is 0.667. The molecular weight excluding hydrogens is 266 g/mol. The van der Waals surface area contributed by atoms with Gasteiger partial charge in [0.15, 0.2) is 11.7 Å². The van der Waals surface area contributed by atoms with E-state index in [4.69, 9.17) is 4.99 Å². The van der Waals surface area contributed by atoms with E-state index in [-0.39, 0.29) is 24.2 Å². The Morgan fingerprint density at radius 1 is 1.29 bits per heavy atom. The maximum atomic E-state index is 12.8. The second-order valence-electron chi connectivity index (χ2n) is 6.29. The van der Waals surface area contributed by atoms with E-state index < -0.39 is 0 Å². The third kappa shape index (κ3) is 1.96. The molecule has 2 aliphatic rings. The minimum atomic E-state index is 0.00112. The van der Waals surface area contributed by atoms with Crippen LogP contribution in [0, 0.1) is 0 Å². The zero-order chi connectivity index (χ0) is 15.3. The number of aromatic nitrogens is 2. The molecule has 0 spiro atoms. The monoisotopic (exact) mass is 289 g/mol. The summed E-state index contributed by atoms with van der Waals surface area (Å²) in [6, 6.07) is 0.559. The van der Waals surface area contributed by atoms with Crippen LogP contribution in [0.5, 0.6) is 0 Å². The van der Waals surface area contributed by atoms with E-state index in [2.05, 4.69) is 30.3 Å². The van der Waals surface area contributed by atoms with Gasteiger partial charge in [-0.05, 0) is 34.1 Å². The van der Waals surface area contributed by atoms with Gasteiger partial charge in [-0.25, -0.2) is 9.78 Å². The van der Waals surface area contributed by atoms with Crippen molar-refractivity contribution < 1.29 is 4.79 Å². The van der Waals surface area contributed by atoms with Crippen LogP contribution in [0.25, 0.3) is 0 Å². The second-order valence-corrected chi connectivity index (χ2v) is 6.29. The molecule has 0 radical (unpaired) electrons. The van der Waals surface area contributed by atoms with E-state index in [0.29, 0.717) is 6.54 Å². The summed E-state index contributed by atoms with van der Waals surface area (Å²) in [7, 11) is 0. The molecule has 1 aromatic rings. The van der Waals surface area contributed by atoms with Crippen LogP contribution >= 0.6 is 0 Å². The van der Waals surface area contributed by atoms with Crippen molar-refractivity contribution in [3.63, 3.8) is 0 Å². The SMILES string of the molecule is CC[C@H]1CN2C(=O)N(C(C)C)c3ncn(C(C)C)c3C2=N1. The molecule has 21 heavy (non-hydrogen) atoms. The van der Waals surface area contributed by atoms with Crippen LogP contribution in [0.1, 0.15) is 52.8 Å². The minimum absolute atomic E-state index is 0.00112. The van der Waals surface area contributed by atoms with Gasteiger partial charge in [-0.1, -0.05) is 6.92 Å². The number of carbonyl (C=O) groups excluding carboxylic acids is 1. The van der Waals surface area contributed by atoms with Gasteiger partial charge in [0.25, 0.3) is 0 Å². The summed E-state index contributed by atoms with van der Waals surface area (Å²) < 4.78 is 2.11. The number of rotatable bonds is 3. The van der Waals surface area contributed by atoms with Gasteiger partial charge >= 0.3 is 6.03 Å². The Bertz CT molecular complexity index is 601. The summed E-state index contributed by atoms with van der Waals surface area (Å²) in [5, 5.41) is 0. The topological polar surface area (TPSA) is 53.7 Å². The van der Waals surface area contributed by atoms with Crippen molar-refractivity contribution in [1.82, 2.24) is 14.5 Å². The van der Waals surface area contributed by atoms with Gasteiger partial charge in [0.1, 0.15) is 5.69 Å². The third-order valence-corrected chi connectivity index (χ3v) is 4.15. The molecular formula is C15H23N5O. The van der Waals surface area contributed by atoms with Crippen molar-refractivity contribution in [2.24, 2.45) is 4.99 Å². The normalized spacial score (nSPS) is 21.2. The van der Waals surface area contributed by atoms with E-state index >= 15 is 0 Å². The Labute approximate surface area is 125 Å². The first-order chi connectivity index (χ1) is 9.95. The van der Waals surface area contributed by atoms with Crippen molar-refractivity contribution in [2.45, 2.75) is 59.2 Å². The second kappa shape index (κ2) is 4.86. The average Bonchev–Trinajstić information content (AvgIpc) is 3.00. The van der Waals surface area contributed by atoms with E-state index in [1.54, 1.807) is 4.90 Å². The Morgan fingerprint density at radius 2 is 2.00 bits per heavy atom. The van der Waals surface area contributed by atoms with E-state index in [1.165, 1.54) is 0 Å². The summed E-state index contributed by atoms with van der Waals surface area (Å²) in [6.45, 7) is 11.1. The van der Waals surface area contributed by atoms with Gasteiger partial charge in [-0.3, -0.25) is 14.8 Å². The van der Waals surface area contributed by atoms with Gasteiger partial charge < -0.3 is 4.57 Å². The highest BCUT2D eigenvalue weighted by molar-refractivity contribution is 6.18. The molecule has 3 heterocycles. The molecule has 0 aromatic carbocycles. The van der Waals surface area contributed by atoms with Crippen molar-refractivity contribution in [3.8, 4) is 0 Å². The molecule has 6 heteroatoms. The summed E-state index contributed by atoms with van der Waals surface area (Å²) in [5.74, 6) is 1.54. The quantitative estimate of drug-likeness (QED) is 0.859.